The number of nitrogens with zero attached hydrogens (tertiary/aromatic N) is 1. The van der Waals surface area contributed by atoms with E-state index in [2.05, 4.69) is 45.2 Å². The first-order chi connectivity index (χ1) is 14.7. The summed E-state index contributed by atoms with van der Waals surface area (Å²) in [6.07, 6.45) is 2.05. The Morgan fingerprint density at radius 3 is 2.50 bits per heavy atom. The summed E-state index contributed by atoms with van der Waals surface area (Å²) in [4.78, 5) is 15.8. The Kier molecular flexibility index (Phi) is 10.1. The molecule has 0 aliphatic rings. The Bertz CT molecular complexity index is 809. The van der Waals surface area contributed by atoms with Crippen LogP contribution in [0, 0.1) is 0 Å². The number of carbonyl (C=O) groups excluding carboxylic acids is 1. The van der Waals surface area contributed by atoms with Crippen LogP contribution in [0.2, 0.25) is 0 Å². The van der Waals surface area contributed by atoms with E-state index < -0.39 is 0 Å². The lowest BCUT2D eigenvalue weighted by atomic mass is 10.1. The maximum absolute atomic E-state index is 11.6. The SMILES string of the molecule is CCNC(=O)COc1ccc(CNC(=NC)NCCCc2ccccc2)cc1OC. The highest BCUT2D eigenvalue weighted by molar-refractivity contribution is 5.79. The van der Waals surface area contributed by atoms with E-state index in [0.717, 1.165) is 30.9 Å². The molecule has 2 rings (SSSR count). The molecule has 2 aromatic rings. The summed E-state index contributed by atoms with van der Waals surface area (Å²) in [6.45, 7) is 3.83. The van der Waals surface area contributed by atoms with Crippen LogP contribution in [0.4, 0.5) is 0 Å². The number of carbonyl (C=O) groups is 1. The molecule has 3 N–H and O–H groups in total. The molecular formula is C23H32N4O3. The molecule has 0 radical (unpaired) electrons. The number of aryl methyl sites for hydroxylation is 1. The molecule has 0 aliphatic heterocycles. The van der Waals surface area contributed by atoms with Crippen molar-refractivity contribution in [3.63, 3.8) is 0 Å². The predicted molar refractivity (Wildman–Crippen MR) is 120 cm³/mol. The van der Waals surface area contributed by atoms with E-state index in [1.807, 2.05) is 31.2 Å². The molecule has 0 saturated carbocycles. The summed E-state index contributed by atoms with van der Waals surface area (Å²) in [6, 6.07) is 16.1. The van der Waals surface area contributed by atoms with Gasteiger partial charge in [0.15, 0.2) is 24.1 Å². The molecule has 0 saturated heterocycles. The molecule has 0 atom stereocenters. The second-order valence-corrected chi connectivity index (χ2v) is 6.67. The van der Waals surface area contributed by atoms with Gasteiger partial charge in [0.05, 0.1) is 7.11 Å². The van der Waals surface area contributed by atoms with Gasteiger partial charge >= 0.3 is 0 Å². The molecule has 1 amide bonds. The Balaban J connectivity index is 1.79. The molecular weight excluding hydrogens is 380 g/mol. The molecule has 7 nitrogen and oxygen atoms in total. The van der Waals surface area contributed by atoms with Crippen molar-refractivity contribution in [3.8, 4) is 11.5 Å². The largest absolute Gasteiger partial charge is 0.493 e. The van der Waals surface area contributed by atoms with Crippen LogP contribution < -0.4 is 25.4 Å². The fourth-order valence-corrected chi connectivity index (χ4v) is 2.88. The lowest BCUT2D eigenvalue weighted by molar-refractivity contribution is -0.123. The number of guanidine groups is 1. The minimum absolute atomic E-state index is 0.0403. The number of amides is 1. The topological polar surface area (TPSA) is 84.0 Å². The number of hydrogen-bond donors (Lipinski definition) is 3. The fourth-order valence-electron chi connectivity index (χ4n) is 2.88. The van der Waals surface area contributed by atoms with E-state index in [0.29, 0.717) is 24.6 Å². The molecule has 0 heterocycles. The highest BCUT2D eigenvalue weighted by Crippen LogP contribution is 2.28. The van der Waals surface area contributed by atoms with Crippen LogP contribution >= 0.6 is 0 Å². The van der Waals surface area contributed by atoms with Crippen molar-refractivity contribution < 1.29 is 14.3 Å². The third kappa shape index (κ3) is 8.03. The molecule has 7 heteroatoms. The standard InChI is InChI=1S/C23H32N4O3/c1-4-25-22(28)17-30-20-13-12-19(15-21(20)29-3)16-27-23(24-2)26-14-8-11-18-9-6-5-7-10-18/h5-7,9-10,12-13,15H,4,8,11,14,16-17H2,1-3H3,(H,25,28)(H2,24,26,27). The minimum atomic E-state index is -0.160. The summed E-state index contributed by atoms with van der Waals surface area (Å²) in [7, 11) is 3.34. The van der Waals surface area contributed by atoms with Gasteiger partial charge in [-0.05, 0) is 43.0 Å². The minimum Gasteiger partial charge on any atom is -0.493 e. The quantitative estimate of drug-likeness (QED) is 0.300. The number of hydrogen-bond acceptors (Lipinski definition) is 4. The van der Waals surface area contributed by atoms with Crippen molar-refractivity contribution >= 4 is 11.9 Å². The Hall–Kier alpha value is -3.22. The first-order valence-corrected chi connectivity index (χ1v) is 10.2. The average Bonchev–Trinajstić information content (AvgIpc) is 2.78. The van der Waals surface area contributed by atoms with Crippen molar-refractivity contribution in [2.45, 2.75) is 26.3 Å². The van der Waals surface area contributed by atoms with Crippen LogP contribution in [-0.2, 0) is 17.8 Å². The van der Waals surface area contributed by atoms with Gasteiger partial charge in [0.1, 0.15) is 0 Å². The van der Waals surface area contributed by atoms with Crippen molar-refractivity contribution in [3.05, 3.63) is 59.7 Å². The van der Waals surface area contributed by atoms with Crippen LogP contribution in [0.25, 0.3) is 0 Å². The number of ether oxygens (including phenoxy) is 2. The van der Waals surface area contributed by atoms with Gasteiger partial charge < -0.3 is 25.4 Å². The molecule has 0 unspecified atom stereocenters. The van der Waals surface area contributed by atoms with Crippen LogP contribution in [-0.4, -0.2) is 45.7 Å². The zero-order valence-electron chi connectivity index (χ0n) is 18.0. The normalized spacial score (nSPS) is 11.0. The van der Waals surface area contributed by atoms with Gasteiger partial charge in [-0.3, -0.25) is 9.79 Å². The lowest BCUT2D eigenvalue weighted by Gasteiger charge is -2.14. The first-order valence-electron chi connectivity index (χ1n) is 10.2. The van der Waals surface area contributed by atoms with E-state index in [9.17, 15) is 4.79 Å². The number of aliphatic imine (C=N–C) groups is 1. The zero-order valence-corrected chi connectivity index (χ0v) is 18.0. The van der Waals surface area contributed by atoms with Crippen LogP contribution in [0.3, 0.4) is 0 Å². The summed E-state index contributed by atoms with van der Waals surface area (Å²) in [5.74, 6) is 1.71. The highest BCUT2D eigenvalue weighted by atomic mass is 16.5. The van der Waals surface area contributed by atoms with Gasteiger partial charge in [-0.2, -0.15) is 0 Å². The third-order valence-corrected chi connectivity index (χ3v) is 4.42. The van der Waals surface area contributed by atoms with E-state index in [4.69, 9.17) is 9.47 Å². The van der Waals surface area contributed by atoms with E-state index in [1.165, 1.54) is 5.56 Å². The summed E-state index contributed by atoms with van der Waals surface area (Å²) >= 11 is 0. The molecule has 30 heavy (non-hydrogen) atoms. The molecule has 0 fully saturated rings. The number of nitrogens with one attached hydrogen (secondary N) is 3. The van der Waals surface area contributed by atoms with Crippen molar-refractivity contribution in [1.29, 1.82) is 0 Å². The number of rotatable bonds is 11. The molecule has 0 aromatic heterocycles. The summed E-state index contributed by atoms with van der Waals surface area (Å²) < 4.78 is 11.0. The molecule has 0 spiro atoms. The van der Waals surface area contributed by atoms with Crippen LogP contribution in [0.1, 0.15) is 24.5 Å². The smallest absolute Gasteiger partial charge is 0.257 e. The van der Waals surface area contributed by atoms with E-state index >= 15 is 0 Å². The zero-order chi connectivity index (χ0) is 21.6. The molecule has 2 aromatic carbocycles. The lowest BCUT2D eigenvalue weighted by Crippen LogP contribution is -2.37. The van der Waals surface area contributed by atoms with Crippen LogP contribution in [0.15, 0.2) is 53.5 Å². The van der Waals surface area contributed by atoms with Crippen LogP contribution in [0.5, 0.6) is 11.5 Å². The van der Waals surface area contributed by atoms with Crippen molar-refractivity contribution in [2.24, 2.45) is 4.99 Å². The fraction of sp³-hybridized carbons (Fsp3) is 0.391. The Morgan fingerprint density at radius 2 is 1.80 bits per heavy atom. The summed E-state index contributed by atoms with van der Waals surface area (Å²) in [5.41, 5.74) is 2.35. The van der Waals surface area contributed by atoms with Gasteiger partial charge in [0, 0.05) is 26.7 Å². The number of benzene rings is 2. The maximum atomic E-state index is 11.6. The monoisotopic (exact) mass is 412 g/mol. The second kappa shape index (κ2) is 13.1. The van der Waals surface area contributed by atoms with Gasteiger partial charge in [0.2, 0.25) is 0 Å². The van der Waals surface area contributed by atoms with Crippen molar-refractivity contribution in [2.75, 3.05) is 33.9 Å². The number of likely N-dealkylation sites (N-methyl/N-ethyl adjacent to an activating group) is 1. The maximum Gasteiger partial charge on any atom is 0.257 e. The Morgan fingerprint density at radius 1 is 1.00 bits per heavy atom. The molecule has 162 valence electrons. The number of methoxy groups -OCH3 is 1. The predicted octanol–water partition coefficient (Wildman–Crippen LogP) is 2.51. The molecule has 0 bridgehead atoms. The van der Waals surface area contributed by atoms with E-state index in [1.54, 1.807) is 14.2 Å². The van der Waals surface area contributed by atoms with Gasteiger partial charge in [-0.15, -0.1) is 0 Å². The second-order valence-electron chi connectivity index (χ2n) is 6.67. The third-order valence-electron chi connectivity index (χ3n) is 4.42. The van der Waals surface area contributed by atoms with Gasteiger partial charge in [-0.1, -0.05) is 36.4 Å². The average molecular weight is 413 g/mol. The molecule has 0 aliphatic carbocycles. The highest BCUT2D eigenvalue weighted by Gasteiger charge is 2.09. The van der Waals surface area contributed by atoms with Gasteiger partial charge in [0.25, 0.3) is 5.91 Å². The van der Waals surface area contributed by atoms with Gasteiger partial charge in [-0.25, -0.2) is 0 Å². The first kappa shape index (κ1) is 23.1. The van der Waals surface area contributed by atoms with E-state index in [-0.39, 0.29) is 12.5 Å². The van der Waals surface area contributed by atoms with Crippen molar-refractivity contribution in [1.82, 2.24) is 16.0 Å². The summed E-state index contributed by atoms with van der Waals surface area (Å²) in [5, 5.41) is 9.33. The Labute approximate surface area is 178 Å².